The van der Waals surface area contributed by atoms with E-state index in [2.05, 4.69) is 0 Å². The third-order valence-electron chi connectivity index (χ3n) is 2.56. The van der Waals surface area contributed by atoms with Crippen LogP contribution in [0.15, 0.2) is 46.0 Å². The van der Waals surface area contributed by atoms with Crippen molar-refractivity contribution in [3.05, 3.63) is 46.7 Å². The van der Waals surface area contributed by atoms with Crippen molar-refractivity contribution in [2.24, 2.45) is 0 Å². The molecule has 0 spiro atoms. The fraction of sp³-hybridized carbons (Fsp3) is 0. The normalized spacial score (nSPS) is 17.2. The lowest BCUT2D eigenvalue weighted by molar-refractivity contribution is 0.101. The van der Waals surface area contributed by atoms with Gasteiger partial charge in [-0.05, 0) is 23.6 Å². The summed E-state index contributed by atoms with van der Waals surface area (Å²) < 4.78 is 25.3. The number of hydrogen-bond donors (Lipinski definition) is 0. The number of nitrogens with zero attached hydrogens (tertiary/aromatic N) is 1. The average molecular weight is 265 g/mol. The number of anilines is 1. The van der Waals surface area contributed by atoms with E-state index in [9.17, 15) is 13.2 Å². The molecule has 0 aliphatic carbocycles. The third-order valence-corrected chi connectivity index (χ3v) is 5.00. The van der Waals surface area contributed by atoms with E-state index >= 15 is 0 Å². The number of fused-ring (bicyclic) bond motifs is 1. The second-order valence-electron chi connectivity index (χ2n) is 3.55. The predicted molar refractivity (Wildman–Crippen MR) is 64.8 cm³/mol. The molecule has 17 heavy (non-hydrogen) atoms. The molecule has 1 amide bonds. The average Bonchev–Trinajstić information content (AvgIpc) is 2.87. The van der Waals surface area contributed by atoms with Crippen LogP contribution in [0.1, 0.15) is 10.4 Å². The molecule has 2 aromatic rings. The minimum Gasteiger partial charge on any atom is -0.268 e. The molecule has 0 bridgehead atoms. The Morgan fingerprint density at radius 1 is 1.12 bits per heavy atom. The topological polar surface area (TPSA) is 54.5 Å². The highest BCUT2D eigenvalue weighted by Crippen LogP contribution is 2.35. The summed E-state index contributed by atoms with van der Waals surface area (Å²) in [7, 11) is -3.73. The zero-order valence-electron chi connectivity index (χ0n) is 8.53. The van der Waals surface area contributed by atoms with Gasteiger partial charge in [0.2, 0.25) is 0 Å². The van der Waals surface area contributed by atoms with Crippen LogP contribution in [0.3, 0.4) is 0 Å². The van der Waals surface area contributed by atoms with Crippen LogP contribution in [0.4, 0.5) is 5.69 Å². The maximum Gasteiger partial charge on any atom is 0.273 e. The highest BCUT2D eigenvalue weighted by atomic mass is 32.2. The molecule has 3 rings (SSSR count). The molecular formula is C11H7NO3S2. The second-order valence-corrected chi connectivity index (χ2v) is 6.09. The van der Waals surface area contributed by atoms with Gasteiger partial charge in [-0.25, -0.2) is 8.42 Å². The van der Waals surface area contributed by atoms with Crippen LogP contribution in [0.25, 0.3) is 0 Å². The van der Waals surface area contributed by atoms with Crippen LogP contribution in [0.5, 0.6) is 0 Å². The zero-order chi connectivity index (χ0) is 12.0. The molecule has 86 valence electrons. The summed E-state index contributed by atoms with van der Waals surface area (Å²) in [5.74, 6) is -0.487. The van der Waals surface area contributed by atoms with Crippen LogP contribution < -0.4 is 4.31 Å². The van der Waals surface area contributed by atoms with E-state index in [1.807, 2.05) is 0 Å². The Bertz CT molecular complexity index is 689. The van der Waals surface area contributed by atoms with Gasteiger partial charge in [0, 0.05) is 5.38 Å². The van der Waals surface area contributed by atoms with Gasteiger partial charge in [-0.1, -0.05) is 12.1 Å². The Morgan fingerprint density at radius 2 is 1.88 bits per heavy atom. The van der Waals surface area contributed by atoms with Crippen LogP contribution in [-0.2, 0) is 10.0 Å². The van der Waals surface area contributed by atoms with E-state index in [0.29, 0.717) is 5.69 Å². The van der Waals surface area contributed by atoms with Crippen LogP contribution >= 0.6 is 11.3 Å². The molecule has 2 heterocycles. The minimum absolute atomic E-state index is 0.0798. The quantitative estimate of drug-likeness (QED) is 0.793. The summed E-state index contributed by atoms with van der Waals surface area (Å²) in [6.45, 7) is 0. The van der Waals surface area contributed by atoms with Crippen molar-refractivity contribution in [3.63, 3.8) is 0 Å². The number of sulfonamides is 1. The summed E-state index contributed by atoms with van der Waals surface area (Å²) in [6.07, 6.45) is 0. The lowest BCUT2D eigenvalue weighted by Crippen LogP contribution is -2.29. The number of rotatable bonds is 1. The Hall–Kier alpha value is -1.66. The van der Waals surface area contributed by atoms with Crippen molar-refractivity contribution in [2.45, 2.75) is 4.90 Å². The van der Waals surface area contributed by atoms with Crippen molar-refractivity contribution >= 4 is 33.0 Å². The van der Waals surface area contributed by atoms with Crippen molar-refractivity contribution in [1.29, 1.82) is 0 Å². The van der Waals surface area contributed by atoms with E-state index in [1.54, 1.807) is 29.0 Å². The highest BCUT2D eigenvalue weighted by Gasteiger charge is 2.41. The van der Waals surface area contributed by atoms with Gasteiger partial charge in [-0.3, -0.25) is 4.79 Å². The van der Waals surface area contributed by atoms with Crippen molar-refractivity contribution in [3.8, 4) is 0 Å². The fourth-order valence-electron chi connectivity index (χ4n) is 1.81. The van der Waals surface area contributed by atoms with E-state index in [0.717, 1.165) is 4.31 Å². The smallest absolute Gasteiger partial charge is 0.268 e. The largest absolute Gasteiger partial charge is 0.273 e. The Balaban J connectivity index is 2.28. The van der Waals surface area contributed by atoms with E-state index in [1.165, 1.54) is 23.5 Å². The van der Waals surface area contributed by atoms with Gasteiger partial charge in [0.1, 0.15) is 4.90 Å². The first-order valence-electron chi connectivity index (χ1n) is 4.83. The van der Waals surface area contributed by atoms with Crippen molar-refractivity contribution in [2.75, 3.05) is 4.31 Å². The van der Waals surface area contributed by atoms with Crippen molar-refractivity contribution < 1.29 is 13.2 Å². The minimum atomic E-state index is -3.73. The Morgan fingerprint density at radius 3 is 2.53 bits per heavy atom. The Labute approximate surface area is 102 Å². The molecule has 0 fully saturated rings. The van der Waals surface area contributed by atoms with Gasteiger partial charge in [0.25, 0.3) is 15.9 Å². The number of carbonyl (C=O) groups excluding carboxylic acids is 1. The molecule has 1 aliphatic heterocycles. The molecule has 0 atom stereocenters. The zero-order valence-corrected chi connectivity index (χ0v) is 10.2. The maximum atomic E-state index is 12.2. The van der Waals surface area contributed by atoms with Crippen LogP contribution in [0, 0.1) is 0 Å². The predicted octanol–water partition coefficient (Wildman–Crippen LogP) is 2.10. The lowest BCUT2D eigenvalue weighted by atomic mass is 10.2. The Kier molecular flexibility index (Phi) is 2.11. The molecular weight excluding hydrogens is 258 g/mol. The van der Waals surface area contributed by atoms with Gasteiger partial charge >= 0.3 is 0 Å². The molecule has 1 aromatic heterocycles. The highest BCUT2D eigenvalue weighted by molar-refractivity contribution is 7.94. The first kappa shape index (κ1) is 10.5. The first-order chi connectivity index (χ1) is 8.12. The molecule has 0 radical (unpaired) electrons. The standard InChI is InChI=1S/C11H7NO3S2/c13-11-9-3-1-2-4-10(9)17(14,15)12(11)8-5-6-16-7-8/h1-7H. The fourth-order valence-corrected chi connectivity index (χ4v) is 4.09. The van der Waals surface area contributed by atoms with E-state index in [4.69, 9.17) is 0 Å². The summed E-state index contributed by atoms with van der Waals surface area (Å²) >= 11 is 1.35. The first-order valence-corrected chi connectivity index (χ1v) is 7.21. The molecule has 0 N–H and O–H groups in total. The second kappa shape index (κ2) is 3.41. The molecule has 4 nitrogen and oxygen atoms in total. The summed E-state index contributed by atoms with van der Waals surface area (Å²) in [6, 6.07) is 7.87. The van der Waals surface area contributed by atoms with E-state index in [-0.39, 0.29) is 10.5 Å². The van der Waals surface area contributed by atoms with Gasteiger partial charge in [-0.2, -0.15) is 15.6 Å². The van der Waals surface area contributed by atoms with Gasteiger partial charge in [0.15, 0.2) is 0 Å². The number of thiophene rings is 1. The number of benzene rings is 1. The molecule has 0 unspecified atom stereocenters. The lowest BCUT2D eigenvalue weighted by Gasteiger charge is -2.12. The maximum absolute atomic E-state index is 12.2. The molecule has 1 aromatic carbocycles. The molecule has 1 aliphatic rings. The summed E-state index contributed by atoms with van der Waals surface area (Å²) in [5, 5.41) is 3.38. The molecule has 0 saturated heterocycles. The summed E-state index contributed by atoms with van der Waals surface area (Å²) in [5.41, 5.74) is 0.634. The summed E-state index contributed by atoms with van der Waals surface area (Å²) in [4.78, 5) is 12.1. The van der Waals surface area contributed by atoms with Gasteiger partial charge in [-0.15, -0.1) is 0 Å². The third kappa shape index (κ3) is 1.34. The monoisotopic (exact) mass is 265 g/mol. The van der Waals surface area contributed by atoms with Crippen LogP contribution in [0.2, 0.25) is 0 Å². The molecule has 6 heteroatoms. The van der Waals surface area contributed by atoms with Crippen molar-refractivity contribution in [1.82, 2.24) is 0 Å². The number of amides is 1. The number of carbonyl (C=O) groups is 1. The number of hydrogen-bond acceptors (Lipinski definition) is 4. The van der Waals surface area contributed by atoms with Gasteiger partial charge < -0.3 is 0 Å². The molecule has 0 saturated carbocycles. The van der Waals surface area contributed by atoms with E-state index < -0.39 is 15.9 Å². The van der Waals surface area contributed by atoms with Crippen LogP contribution in [-0.4, -0.2) is 14.3 Å². The SMILES string of the molecule is O=C1c2ccccc2S(=O)(=O)N1c1ccsc1. The van der Waals surface area contributed by atoms with Gasteiger partial charge in [0.05, 0.1) is 11.3 Å².